The first-order valence-electron chi connectivity index (χ1n) is 35.5. The number of fused-ring (bicyclic) bond motifs is 2. The van der Waals surface area contributed by atoms with E-state index in [0.29, 0.717) is 81.7 Å². The average Bonchev–Trinajstić information content (AvgIpc) is 1.60. The third-order valence-corrected chi connectivity index (χ3v) is 19.8. The Morgan fingerprint density at radius 1 is 0.631 bits per heavy atom. The lowest BCUT2D eigenvalue weighted by atomic mass is 9.81. The molecule has 36 heteroatoms. The number of unbranched alkanes of at least 4 members (excludes halogenated alkanes) is 7. The Morgan fingerprint density at radius 2 is 1.19 bits per heavy atom. The minimum atomic E-state index is -4.38. The van der Waals surface area contributed by atoms with Crippen LogP contribution < -0.4 is 25.6 Å². The van der Waals surface area contributed by atoms with Crippen LogP contribution in [0.3, 0.4) is 0 Å². The van der Waals surface area contributed by atoms with E-state index in [2.05, 4.69) is 95.6 Å². The second-order valence-electron chi connectivity index (χ2n) is 27.0. The number of ketones is 2. The van der Waals surface area contributed by atoms with Gasteiger partial charge in [0, 0.05) is 85.5 Å². The van der Waals surface area contributed by atoms with Gasteiger partial charge in [0.15, 0.2) is 11.5 Å². The molecule has 3 aliphatic rings. The van der Waals surface area contributed by atoms with Crippen LogP contribution in [-0.2, 0) is 109 Å². The van der Waals surface area contributed by atoms with Crippen LogP contribution in [0.1, 0.15) is 172 Å². The summed E-state index contributed by atoms with van der Waals surface area (Å²) in [5.41, 5.74) is 8.62. The molecule has 0 bridgehead atoms. The van der Waals surface area contributed by atoms with E-state index in [1.165, 1.54) is 0 Å². The van der Waals surface area contributed by atoms with Crippen LogP contribution in [0.4, 0.5) is 16.2 Å². The van der Waals surface area contributed by atoms with Crippen LogP contribution in [0.15, 0.2) is 150 Å². The fourth-order valence-corrected chi connectivity index (χ4v) is 14.2. The highest BCUT2D eigenvalue weighted by molar-refractivity contribution is 7.86. The lowest BCUT2D eigenvalue weighted by Crippen LogP contribution is -2.46. The van der Waals surface area contributed by atoms with Crippen LogP contribution in [0.2, 0.25) is 0 Å². The summed E-state index contributed by atoms with van der Waals surface area (Å²) in [4.78, 5) is 95.0. The average molecular weight is 1640 g/mol. The van der Waals surface area contributed by atoms with Gasteiger partial charge in [0.05, 0.1) is 33.2 Å². The van der Waals surface area contributed by atoms with E-state index in [4.69, 9.17) is 52.2 Å². The number of nitrogens with zero attached hydrogens (tertiary/aromatic N) is 2. The van der Waals surface area contributed by atoms with Crippen LogP contribution >= 0.6 is 0 Å². The van der Waals surface area contributed by atoms with Crippen molar-refractivity contribution < 1.29 is 122 Å². The number of hydrogen-bond acceptors (Lipinski definition) is 24. The van der Waals surface area contributed by atoms with Crippen molar-refractivity contribution in [3.63, 3.8) is 0 Å². The summed E-state index contributed by atoms with van der Waals surface area (Å²) in [6.07, 6.45) is 16.9. The quantitative estimate of drug-likeness (QED) is 0.0139. The number of Topliss-reactive ketones (excluding diaryl/α,β-unsaturated/α-hetero) is 2. The summed E-state index contributed by atoms with van der Waals surface area (Å²) in [5, 5.41) is 27.8. The number of para-hydroxylation sites is 2. The van der Waals surface area contributed by atoms with Crippen LogP contribution in [0.5, 0.6) is 5.75 Å². The number of anilines is 1. The molecular weight excluding hydrogens is 1550 g/mol. The molecule has 2 aliphatic heterocycles. The molecule has 4 aromatic rings. The third-order valence-electron chi connectivity index (χ3n) is 18.2. The number of aliphatic carboxylic acids is 2. The van der Waals surface area contributed by atoms with Crippen LogP contribution in [0.25, 0.3) is 0 Å². The number of rotatable bonds is 39. The van der Waals surface area contributed by atoms with E-state index in [1.54, 1.807) is 31.2 Å². The summed E-state index contributed by atoms with van der Waals surface area (Å²) >= 11 is 0. The molecule has 3 atom stereocenters. The van der Waals surface area contributed by atoms with E-state index in [0.717, 1.165) is 82.7 Å². The van der Waals surface area contributed by atoms with Crippen LogP contribution in [0, 0.1) is 5.92 Å². The molecule has 606 valence electrons. The zero-order valence-corrected chi connectivity index (χ0v) is 66.3. The van der Waals surface area contributed by atoms with Crippen molar-refractivity contribution >= 4 is 111 Å². The zero-order valence-electron chi connectivity index (χ0n) is 62.2. The molecule has 1 aliphatic carbocycles. The molecule has 4 aromatic carbocycles. The Bertz CT molecular complexity index is 4590. The third kappa shape index (κ3) is 35.4. The highest BCUT2D eigenvalue weighted by Crippen LogP contribution is 2.48. The Balaban J connectivity index is 0.00000195. The Morgan fingerprint density at radius 3 is 1.77 bits per heavy atom. The lowest BCUT2D eigenvalue weighted by Gasteiger charge is -2.28. The molecule has 2 heterocycles. The van der Waals surface area contributed by atoms with Crippen molar-refractivity contribution in [2.45, 2.75) is 186 Å². The van der Waals surface area contributed by atoms with Gasteiger partial charge >= 0.3 is 55.9 Å². The monoisotopic (exact) mass is 1640 g/mol. The summed E-state index contributed by atoms with van der Waals surface area (Å²) in [6.45, 7) is 11.7. The Hall–Kier alpha value is -9.81. The number of ether oxygens (including phenoxy) is 1. The summed E-state index contributed by atoms with van der Waals surface area (Å²) in [7, 11) is -17.8. The molecule has 0 unspecified atom stereocenters. The van der Waals surface area contributed by atoms with E-state index in [9.17, 15) is 64.9 Å². The highest BCUT2D eigenvalue weighted by Gasteiger charge is 2.44. The van der Waals surface area contributed by atoms with Crippen molar-refractivity contribution in [1.82, 2.24) is 16.0 Å². The summed E-state index contributed by atoms with van der Waals surface area (Å²) in [5.74, 6) is -3.95. The zero-order chi connectivity index (χ0) is 83.1. The van der Waals surface area contributed by atoms with Crippen molar-refractivity contribution in [2.24, 2.45) is 5.92 Å². The second kappa shape index (κ2) is 48.1. The predicted octanol–water partition coefficient (Wildman–Crippen LogP) is 8.31. The maximum absolute atomic E-state index is 14.2. The first-order chi connectivity index (χ1) is 52.3. The minimum absolute atomic E-state index is 0.000775. The smallest absolute Gasteiger partial charge is 0.425 e. The molecule has 31 nitrogen and oxygen atoms in total. The van der Waals surface area contributed by atoms with Crippen molar-refractivity contribution in [1.29, 1.82) is 0 Å². The number of benzene rings is 4. The van der Waals surface area contributed by atoms with Gasteiger partial charge in [0.1, 0.15) is 29.9 Å². The van der Waals surface area contributed by atoms with Gasteiger partial charge < -0.3 is 40.4 Å². The van der Waals surface area contributed by atoms with Crippen molar-refractivity contribution in [3.05, 3.63) is 172 Å². The maximum Gasteiger partial charge on any atom is 0.425 e. The molecule has 0 fully saturated rings. The largest absolute Gasteiger partial charge is 0.748 e. The van der Waals surface area contributed by atoms with Gasteiger partial charge in [0.2, 0.25) is 11.6 Å². The van der Waals surface area contributed by atoms with Gasteiger partial charge in [0.25, 0.3) is 10.1 Å². The number of hydrogen-bond donors (Lipinski definition) is 6. The first-order valence-corrected chi connectivity index (χ1v) is 41.7. The Labute approximate surface area is 650 Å². The number of carbonyl (C=O) groups excluding carboxylic acids is 6. The highest BCUT2D eigenvalue weighted by atomic mass is 32.2. The topological polar surface area (TPSA) is 494 Å². The van der Waals surface area contributed by atoms with Gasteiger partial charge in [-0.3, -0.25) is 23.7 Å². The number of carboxylic acid groups (broad SMARTS) is 2. The molecular formula is C75H95N5O26S5. The molecule has 111 heavy (non-hydrogen) atoms. The maximum atomic E-state index is 14.2. The summed E-state index contributed by atoms with van der Waals surface area (Å²) < 4.78 is 153. The lowest BCUT2D eigenvalue weighted by molar-refractivity contribution is -0.438. The van der Waals surface area contributed by atoms with E-state index < -0.39 is 110 Å². The molecule has 0 aromatic heterocycles. The van der Waals surface area contributed by atoms with E-state index in [-0.39, 0.29) is 75.0 Å². The molecule has 0 radical (unpaired) electrons. The molecule has 0 saturated carbocycles. The first kappa shape index (κ1) is 95.4. The standard InChI is InChI=1S/C74H95N5O15S2.CO2.3O3S/c1-6-75-72(87)77-61(71(85)86)42-39-57(80)29-14-9-7-8-10-15-34-68(82)76-62(50-52-25-12-11-13-26-52)65(81)51-56(70(83)84)49-53-35-40-58(41-36-53)94-69-54(37-43-66-73(2,3)59-30-16-18-32-63(59)78(66)45-20-22-47-95(88,89)90)27-24-28-55(69)38-44-67-74(4,5)60-31-17-19-33-64(60)79(67)46-21-23-48-96(91,92)93;2-1-3;3*1-4(2)3/h11-13,16-19,25-26,30-33,35-38,40-41,43-44,56,61-62H,6-10,14-15,20-24,27-29,34,39,42,45-51H2,1-5H3,(H6-,75,76,77,82,83,84,85,86,87,88,89,90,91,92,93);;;;/t56-,61+,62+;;;;/m1..../s1. The molecule has 7 rings (SSSR count). The number of amides is 3. The number of carbonyl (C=O) groups is 6. The molecule has 3 amide bonds. The second-order valence-corrected chi connectivity index (χ2v) is 31.3. The molecule has 6 N–H and O–H groups in total. The number of carboxylic acids is 2. The van der Waals surface area contributed by atoms with Crippen molar-refractivity contribution in [2.75, 3.05) is 36.0 Å². The van der Waals surface area contributed by atoms with Gasteiger partial charge in [-0.1, -0.05) is 124 Å². The number of urea groups is 1. The van der Waals surface area contributed by atoms with Gasteiger partial charge in [-0.15, -0.1) is 37.9 Å². The van der Waals surface area contributed by atoms with Gasteiger partial charge in [-0.25, -0.2) is 18.0 Å². The van der Waals surface area contributed by atoms with E-state index >= 15 is 0 Å². The van der Waals surface area contributed by atoms with Crippen LogP contribution in [-0.4, -0.2) is 169 Å². The Kier molecular flexibility index (Phi) is 41.3. The minimum Gasteiger partial charge on any atom is -0.748 e. The SMILES string of the molecule is CCNC(=O)N[C@@H](CCC(=O)CCCCCCCCC(=O)N[C@@H](Cc1ccccc1)C(=O)C[C@@H](Cc1ccc(OC2=C(C=CC3=[N+](CCCCS(=O)(=O)O)c4ccccc4C3(C)C)CCCC2=CC=C2N(CCCCS(=O)(=O)[O-])c3ccccc3C2(C)C)cc1)C(=O)O)C(=O)O.O=C=O.O=S(=O)=O.O=S(=O)=O.O=S(=O)=O. The van der Waals surface area contributed by atoms with Gasteiger partial charge in [-0.05, 0) is 150 Å². The van der Waals surface area contributed by atoms with Crippen molar-refractivity contribution in [3.8, 4) is 5.75 Å². The number of allylic oxidation sites excluding steroid dienone is 7. The summed E-state index contributed by atoms with van der Waals surface area (Å²) in [6, 6.07) is 29.9. The normalized spacial score (nSPS) is 15.3. The molecule has 0 spiro atoms. The fraction of sp³-hybridized carbons (Fsp3) is 0.467. The van der Waals surface area contributed by atoms with E-state index in [1.807, 2.05) is 60.7 Å². The fourth-order valence-electron chi connectivity index (χ4n) is 13.0. The van der Waals surface area contributed by atoms with Gasteiger partial charge in [-0.2, -0.15) is 22.6 Å². The molecule has 0 saturated heterocycles. The predicted molar refractivity (Wildman–Crippen MR) is 404 cm³/mol. The number of nitrogens with one attached hydrogen (secondary N) is 3.